The van der Waals surface area contributed by atoms with Crippen LogP contribution in [0.1, 0.15) is 17.4 Å². The number of amides is 1. The van der Waals surface area contributed by atoms with E-state index in [1.807, 2.05) is 0 Å². The quantitative estimate of drug-likeness (QED) is 0.604. The van der Waals surface area contributed by atoms with Crippen molar-refractivity contribution < 1.29 is 14.7 Å². The van der Waals surface area contributed by atoms with Crippen LogP contribution in [0.3, 0.4) is 0 Å². The molecule has 1 heterocycles. The van der Waals surface area contributed by atoms with Crippen molar-refractivity contribution in [1.29, 1.82) is 0 Å². The van der Waals surface area contributed by atoms with Gasteiger partial charge in [0.15, 0.2) is 11.5 Å². The molecule has 7 heteroatoms. The maximum Gasteiger partial charge on any atom is 0.325 e. The number of nitrogen functional groups attached to an aromatic ring is 1. The minimum atomic E-state index is -1.13. The molecule has 0 bridgehead atoms. The fraction of sp³-hybridized carbons (Fsp3) is 0.250. The monoisotopic (exact) mass is 210 g/mol. The summed E-state index contributed by atoms with van der Waals surface area (Å²) >= 11 is 0. The number of hydrogen-bond acceptors (Lipinski definition) is 5. The van der Waals surface area contributed by atoms with Crippen LogP contribution in [-0.4, -0.2) is 33.0 Å². The van der Waals surface area contributed by atoms with Crippen LogP contribution in [0, 0.1) is 0 Å². The summed E-state index contributed by atoms with van der Waals surface area (Å²) in [6.07, 6.45) is 2.64. The summed E-state index contributed by atoms with van der Waals surface area (Å²) in [5, 5.41) is 10.8. The topological polar surface area (TPSA) is 118 Å². The van der Waals surface area contributed by atoms with E-state index < -0.39 is 17.9 Å². The predicted molar refractivity (Wildman–Crippen MR) is 51.0 cm³/mol. The number of aromatic nitrogens is 2. The molecule has 1 rings (SSSR count). The van der Waals surface area contributed by atoms with Gasteiger partial charge >= 0.3 is 5.97 Å². The Morgan fingerprint density at radius 1 is 1.47 bits per heavy atom. The lowest BCUT2D eigenvalue weighted by Crippen LogP contribution is -2.39. The fourth-order valence-electron chi connectivity index (χ4n) is 0.850. The summed E-state index contributed by atoms with van der Waals surface area (Å²) in [6.45, 7) is 1.34. The predicted octanol–water partition coefficient (Wildman–Crippen LogP) is -0.738. The van der Waals surface area contributed by atoms with Crippen LogP contribution in [0.25, 0.3) is 0 Å². The molecule has 0 aliphatic rings. The molecule has 15 heavy (non-hydrogen) atoms. The zero-order chi connectivity index (χ0) is 11.4. The molecule has 1 aromatic heterocycles. The first kappa shape index (κ1) is 10.9. The van der Waals surface area contributed by atoms with E-state index in [-0.39, 0.29) is 11.5 Å². The lowest BCUT2D eigenvalue weighted by Gasteiger charge is -2.08. The average Bonchev–Trinajstić information content (AvgIpc) is 2.18. The number of rotatable bonds is 3. The molecule has 0 saturated carbocycles. The third kappa shape index (κ3) is 2.63. The number of nitrogens with two attached hydrogens (primary N) is 1. The molecule has 80 valence electrons. The van der Waals surface area contributed by atoms with Gasteiger partial charge in [-0.15, -0.1) is 0 Å². The fourth-order valence-corrected chi connectivity index (χ4v) is 0.850. The van der Waals surface area contributed by atoms with Gasteiger partial charge in [0.1, 0.15) is 6.04 Å². The zero-order valence-corrected chi connectivity index (χ0v) is 7.97. The number of hydrogen-bond donors (Lipinski definition) is 3. The van der Waals surface area contributed by atoms with Crippen molar-refractivity contribution in [2.24, 2.45) is 0 Å². The summed E-state index contributed by atoms with van der Waals surface area (Å²) in [6, 6.07) is -1.00. The van der Waals surface area contributed by atoms with Gasteiger partial charge in [0.25, 0.3) is 5.91 Å². The largest absolute Gasteiger partial charge is 0.480 e. The maximum atomic E-state index is 11.4. The first-order valence-electron chi connectivity index (χ1n) is 4.12. The Morgan fingerprint density at radius 3 is 2.60 bits per heavy atom. The van der Waals surface area contributed by atoms with E-state index in [9.17, 15) is 9.59 Å². The van der Waals surface area contributed by atoms with Crippen molar-refractivity contribution in [3.63, 3.8) is 0 Å². The van der Waals surface area contributed by atoms with Gasteiger partial charge < -0.3 is 16.2 Å². The summed E-state index contributed by atoms with van der Waals surface area (Å²) in [5.41, 5.74) is 5.31. The summed E-state index contributed by atoms with van der Waals surface area (Å²) < 4.78 is 0. The minimum Gasteiger partial charge on any atom is -0.480 e. The first-order chi connectivity index (χ1) is 7.02. The number of carboxylic acids is 1. The van der Waals surface area contributed by atoms with Crippen LogP contribution in [0.4, 0.5) is 5.82 Å². The van der Waals surface area contributed by atoms with E-state index in [4.69, 9.17) is 10.8 Å². The smallest absolute Gasteiger partial charge is 0.325 e. The Kier molecular flexibility index (Phi) is 3.17. The molecule has 0 aromatic carbocycles. The van der Waals surface area contributed by atoms with Crippen molar-refractivity contribution in [1.82, 2.24) is 15.3 Å². The number of nitrogens with zero attached hydrogens (tertiary/aromatic N) is 2. The number of carboxylic acid groups (broad SMARTS) is 1. The molecule has 1 aromatic rings. The number of carbonyl (C=O) groups is 2. The molecule has 0 radical (unpaired) electrons. The molecule has 0 saturated heterocycles. The maximum absolute atomic E-state index is 11.4. The molecule has 0 aliphatic heterocycles. The highest BCUT2D eigenvalue weighted by Crippen LogP contribution is 2.02. The Morgan fingerprint density at radius 2 is 2.07 bits per heavy atom. The van der Waals surface area contributed by atoms with E-state index >= 15 is 0 Å². The third-order valence-corrected chi connectivity index (χ3v) is 1.66. The molecule has 1 amide bonds. The standard InChI is InChI=1S/C8H10N4O3/c1-4(8(14)15)12-7(13)5-6(9)11-3-2-10-5/h2-4H,1H3,(H2,9,11)(H,12,13)(H,14,15). The van der Waals surface area contributed by atoms with Crippen LogP contribution in [-0.2, 0) is 4.79 Å². The average molecular weight is 210 g/mol. The van der Waals surface area contributed by atoms with Gasteiger partial charge in [-0.1, -0.05) is 0 Å². The van der Waals surface area contributed by atoms with E-state index in [2.05, 4.69) is 15.3 Å². The molecule has 0 aliphatic carbocycles. The Labute approximate surface area is 85.3 Å². The number of anilines is 1. The highest BCUT2D eigenvalue weighted by Gasteiger charge is 2.18. The van der Waals surface area contributed by atoms with Gasteiger partial charge in [0.2, 0.25) is 0 Å². The second kappa shape index (κ2) is 4.36. The van der Waals surface area contributed by atoms with Gasteiger partial charge in [0, 0.05) is 12.4 Å². The molecule has 7 nitrogen and oxygen atoms in total. The molecule has 0 spiro atoms. The summed E-state index contributed by atoms with van der Waals surface area (Å²) in [5.74, 6) is -1.83. The number of aliphatic carboxylic acids is 1. The minimum absolute atomic E-state index is 0.0346. The normalized spacial score (nSPS) is 11.8. The number of carbonyl (C=O) groups excluding carboxylic acids is 1. The summed E-state index contributed by atoms with van der Waals surface area (Å²) in [7, 11) is 0. The highest BCUT2D eigenvalue weighted by molar-refractivity contribution is 5.98. The second-order valence-electron chi connectivity index (χ2n) is 2.82. The molecule has 1 atom stereocenters. The first-order valence-corrected chi connectivity index (χ1v) is 4.12. The molecular weight excluding hydrogens is 200 g/mol. The van der Waals surface area contributed by atoms with Crippen molar-refractivity contribution in [2.75, 3.05) is 5.73 Å². The van der Waals surface area contributed by atoms with E-state index in [0.717, 1.165) is 0 Å². The van der Waals surface area contributed by atoms with Crippen molar-refractivity contribution in [3.05, 3.63) is 18.1 Å². The molecular formula is C8H10N4O3. The van der Waals surface area contributed by atoms with Gasteiger partial charge in [-0.3, -0.25) is 9.59 Å². The van der Waals surface area contributed by atoms with Crippen molar-refractivity contribution in [3.8, 4) is 0 Å². The van der Waals surface area contributed by atoms with Gasteiger partial charge in [-0.05, 0) is 6.92 Å². The van der Waals surface area contributed by atoms with Gasteiger partial charge in [-0.2, -0.15) is 0 Å². The Bertz CT molecular complexity index is 393. The van der Waals surface area contributed by atoms with E-state index in [1.54, 1.807) is 0 Å². The van der Waals surface area contributed by atoms with Gasteiger partial charge in [-0.25, -0.2) is 9.97 Å². The Balaban J connectivity index is 2.78. The van der Waals surface area contributed by atoms with Crippen LogP contribution >= 0.6 is 0 Å². The van der Waals surface area contributed by atoms with Crippen LogP contribution in [0.5, 0.6) is 0 Å². The van der Waals surface area contributed by atoms with Crippen molar-refractivity contribution >= 4 is 17.7 Å². The molecule has 4 N–H and O–H groups in total. The lowest BCUT2D eigenvalue weighted by atomic mass is 10.3. The van der Waals surface area contributed by atoms with Crippen LogP contribution in [0.15, 0.2) is 12.4 Å². The SMILES string of the molecule is CC(NC(=O)c1nccnc1N)C(=O)O. The van der Waals surface area contributed by atoms with E-state index in [0.29, 0.717) is 0 Å². The van der Waals surface area contributed by atoms with Crippen LogP contribution < -0.4 is 11.1 Å². The summed E-state index contributed by atoms with van der Waals surface area (Å²) in [4.78, 5) is 29.2. The lowest BCUT2D eigenvalue weighted by molar-refractivity contribution is -0.138. The van der Waals surface area contributed by atoms with Crippen LogP contribution in [0.2, 0.25) is 0 Å². The second-order valence-corrected chi connectivity index (χ2v) is 2.82. The van der Waals surface area contributed by atoms with E-state index in [1.165, 1.54) is 19.3 Å². The van der Waals surface area contributed by atoms with Crippen molar-refractivity contribution in [2.45, 2.75) is 13.0 Å². The zero-order valence-electron chi connectivity index (χ0n) is 7.97. The third-order valence-electron chi connectivity index (χ3n) is 1.66. The number of nitrogens with one attached hydrogen (secondary N) is 1. The Hall–Kier alpha value is -2.18. The molecule has 0 fully saturated rings. The van der Waals surface area contributed by atoms with Gasteiger partial charge in [0.05, 0.1) is 0 Å². The molecule has 1 unspecified atom stereocenters. The highest BCUT2D eigenvalue weighted by atomic mass is 16.4.